The Labute approximate surface area is 137 Å². The molecule has 0 aliphatic carbocycles. The fraction of sp³-hybridized carbons (Fsp3) is 0.368. The van der Waals surface area contributed by atoms with E-state index in [0.29, 0.717) is 5.56 Å². The molecule has 23 heavy (non-hydrogen) atoms. The van der Waals surface area contributed by atoms with Crippen molar-refractivity contribution in [1.29, 1.82) is 0 Å². The van der Waals surface area contributed by atoms with E-state index in [1.807, 2.05) is 26.1 Å². The smallest absolute Gasteiger partial charge is 0.257 e. The molecule has 1 aliphatic rings. The van der Waals surface area contributed by atoms with Gasteiger partial charge in [0, 0.05) is 25.0 Å². The Morgan fingerprint density at radius 1 is 1.04 bits per heavy atom. The third kappa shape index (κ3) is 3.36. The van der Waals surface area contributed by atoms with E-state index in [9.17, 15) is 4.79 Å². The normalized spacial score (nSPS) is 14.1. The van der Waals surface area contributed by atoms with Gasteiger partial charge in [0.25, 0.3) is 5.91 Å². The highest BCUT2D eigenvalue weighted by molar-refractivity contribution is 6.05. The third-order valence-electron chi connectivity index (χ3n) is 4.37. The number of hydrogen-bond acceptors (Lipinski definition) is 3. The van der Waals surface area contributed by atoms with E-state index in [-0.39, 0.29) is 5.91 Å². The van der Waals surface area contributed by atoms with Crippen LogP contribution in [0.5, 0.6) is 0 Å². The topological polar surface area (TPSA) is 45.2 Å². The number of pyridine rings is 1. The van der Waals surface area contributed by atoms with Crippen molar-refractivity contribution in [3.05, 3.63) is 52.8 Å². The molecule has 1 fully saturated rings. The number of rotatable bonds is 3. The van der Waals surface area contributed by atoms with Crippen LogP contribution in [0.1, 0.15) is 39.9 Å². The van der Waals surface area contributed by atoms with Crippen molar-refractivity contribution in [2.75, 3.05) is 23.3 Å². The maximum Gasteiger partial charge on any atom is 0.257 e. The number of carbonyl (C=O) groups excluding carboxylic acids is 1. The molecule has 0 unspecified atom stereocenters. The number of aromatic nitrogens is 1. The lowest BCUT2D eigenvalue weighted by Crippen LogP contribution is -2.19. The molecule has 0 saturated carbocycles. The Balaban J connectivity index is 1.82. The minimum absolute atomic E-state index is 0.103. The van der Waals surface area contributed by atoms with E-state index >= 15 is 0 Å². The molecule has 0 spiro atoms. The summed E-state index contributed by atoms with van der Waals surface area (Å²) in [6.07, 6.45) is 5.88. The molecule has 120 valence electrons. The zero-order chi connectivity index (χ0) is 16.4. The molecular formula is C19H23N3O. The predicted molar refractivity (Wildman–Crippen MR) is 94.3 cm³/mol. The molecule has 4 nitrogen and oxygen atoms in total. The second kappa shape index (κ2) is 6.41. The van der Waals surface area contributed by atoms with Crippen LogP contribution in [0.25, 0.3) is 0 Å². The Hall–Kier alpha value is -2.36. The van der Waals surface area contributed by atoms with E-state index < -0.39 is 0 Å². The first-order valence-corrected chi connectivity index (χ1v) is 8.14. The van der Waals surface area contributed by atoms with Crippen LogP contribution in [-0.4, -0.2) is 24.0 Å². The molecule has 1 N–H and O–H groups in total. The molecule has 0 radical (unpaired) electrons. The van der Waals surface area contributed by atoms with Crippen molar-refractivity contribution in [3.8, 4) is 0 Å². The molecule has 2 heterocycles. The molecule has 3 rings (SSSR count). The first kappa shape index (κ1) is 15.5. The lowest BCUT2D eigenvalue weighted by atomic mass is 10.0. The third-order valence-corrected chi connectivity index (χ3v) is 4.37. The number of hydrogen-bond donors (Lipinski definition) is 1. The maximum atomic E-state index is 12.6. The quantitative estimate of drug-likeness (QED) is 0.936. The second-order valence-electron chi connectivity index (χ2n) is 6.35. The molecule has 2 aromatic rings. The van der Waals surface area contributed by atoms with E-state index in [1.54, 1.807) is 6.20 Å². The number of nitrogens with zero attached hydrogens (tertiary/aromatic N) is 2. The van der Waals surface area contributed by atoms with Gasteiger partial charge in [0.15, 0.2) is 0 Å². The van der Waals surface area contributed by atoms with Crippen LogP contribution < -0.4 is 10.2 Å². The highest BCUT2D eigenvalue weighted by atomic mass is 16.1. The molecule has 0 bridgehead atoms. The molecular weight excluding hydrogens is 286 g/mol. The minimum Gasteiger partial charge on any atom is -0.370 e. The van der Waals surface area contributed by atoms with E-state index in [0.717, 1.165) is 35.6 Å². The van der Waals surface area contributed by atoms with Gasteiger partial charge in [-0.15, -0.1) is 0 Å². The van der Waals surface area contributed by atoms with Crippen LogP contribution in [0.2, 0.25) is 0 Å². The summed E-state index contributed by atoms with van der Waals surface area (Å²) >= 11 is 0. The van der Waals surface area contributed by atoms with Gasteiger partial charge in [-0.25, -0.2) is 0 Å². The van der Waals surface area contributed by atoms with Crippen LogP contribution >= 0.6 is 0 Å². The summed E-state index contributed by atoms with van der Waals surface area (Å²) in [5.74, 6) is -0.103. The van der Waals surface area contributed by atoms with Crippen molar-refractivity contribution in [2.24, 2.45) is 0 Å². The molecule has 0 atom stereocenters. The zero-order valence-corrected chi connectivity index (χ0v) is 14.0. The van der Waals surface area contributed by atoms with Crippen molar-refractivity contribution in [1.82, 2.24) is 4.98 Å². The standard InChI is InChI=1S/C19H23N3O/c1-13-8-14(2)18(15(3)9-13)21-19(23)16-10-17(12-20-11-16)22-6-4-5-7-22/h8-12H,4-7H2,1-3H3,(H,21,23). The number of amides is 1. The minimum atomic E-state index is -0.103. The maximum absolute atomic E-state index is 12.6. The Bertz CT molecular complexity index is 710. The summed E-state index contributed by atoms with van der Waals surface area (Å²) < 4.78 is 0. The molecule has 1 aromatic carbocycles. The number of aryl methyl sites for hydroxylation is 3. The highest BCUT2D eigenvalue weighted by Crippen LogP contribution is 2.24. The van der Waals surface area contributed by atoms with Gasteiger partial charge in [0.2, 0.25) is 0 Å². The van der Waals surface area contributed by atoms with Crippen LogP contribution in [-0.2, 0) is 0 Å². The molecule has 1 saturated heterocycles. The van der Waals surface area contributed by atoms with E-state index in [4.69, 9.17) is 0 Å². The molecule has 1 amide bonds. The summed E-state index contributed by atoms with van der Waals surface area (Å²) in [6, 6.07) is 6.11. The monoisotopic (exact) mass is 309 g/mol. The molecule has 1 aliphatic heterocycles. The van der Waals surface area contributed by atoms with Gasteiger partial charge >= 0.3 is 0 Å². The molecule has 4 heteroatoms. The SMILES string of the molecule is Cc1cc(C)c(NC(=O)c2cncc(N3CCCC3)c2)c(C)c1. The predicted octanol–water partition coefficient (Wildman–Crippen LogP) is 3.86. The Morgan fingerprint density at radius 2 is 1.70 bits per heavy atom. The Kier molecular flexibility index (Phi) is 4.33. The fourth-order valence-electron chi connectivity index (χ4n) is 3.26. The number of nitrogens with one attached hydrogen (secondary N) is 1. The van der Waals surface area contributed by atoms with Gasteiger partial charge in [0.05, 0.1) is 17.4 Å². The fourth-order valence-corrected chi connectivity index (χ4v) is 3.26. The summed E-state index contributed by atoms with van der Waals surface area (Å²) in [5, 5.41) is 3.04. The van der Waals surface area contributed by atoms with Gasteiger partial charge in [-0.05, 0) is 50.8 Å². The average Bonchev–Trinajstić information content (AvgIpc) is 3.05. The number of carbonyl (C=O) groups is 1. The first-order chi connectivity index (χ1) is 11.0. The van der Waals surface area contributed by atoms with Gasteiger partial charge < -0.3 is 10.2 Å². The number of benzene rings is 1. The van der Waals surface area contributed by atoms with Crippen LogP contribution in [0.4, 0.5) is 11.4 Å². The average molecular weight is 309 g/mol. The Morgan fingerprint density at radius 3 is 2.35 bits per heavy atom. The van der Waals surface area contributed by atoms with Gasteiger partial charge in [-0.3, -0.25) is 9.78 Å². The van der Waals surface area contributed by atoms with Crippen molar-refractivity contribution < 1.29 is 4.79 Å². The first-order valence-electron chi connectivity index (χ1n) is 8.14. The summed E-state index contributed by atoms with van der Waals surface area (Å²) in [5.41, 5.74) is 5.91. The highest BCUT2D eigenvalue weighted by Gasteiger charge is 2.16. The van der Waals surface area contributed by atoms with Crippen LogP contribution in [0, 0.1) is 20.8 Å². The summed E-state index contributed by atoms with van der Waals surface area (Å²) in [7, 11) is 0. The van der Waals surface area contributed by atoms with E-state index in [1.165, 1.54) is 18.4 Å². The van der Waals surface area contributed by atoms with Crippen molar-refractivity contribution in [3.63, 3.8) is 0 Å². The van der Waals surface area contributed by atoms with Crippen molar-refractivity contribution in [2.45, 2.75) is 33.6 Å². The molecule has 1 aromatic heterocycles. The number of anilines is 2. The van der Waals surface area contributed by atoms with E-state index in [2.05, 4.69) is 34.3 Å². The van der Waals surface area contributed by atoms with Crippen LogP contribution in [0.15, 0.2) is 30.6 Å². The summed E-state index contributed by atoms with van der Waals surface area (Å²) in [6.45, 7) is 8.20. The van der Waals surface area contributed by atoms with Gasteiger partial charge in [-0.1, -0.05) is 17.7 Å². The zero-order valence-electron chi connectivity index (χ0n) is 14.0. The van der Waals surface area contributed by atoms with Crippen LogP contribution in [0.3, 0.4) is 0 Å². The lowest BCUT2D eigenvalue weighted by Gasteiger charge is -2.18. The second-order valence-corrected chi connectivity index (χ2v) is 6.35. The largest absolute Gasteiger partial charge is 0.370 e. The van der Waals surface area contributed by atoms with Gasteiger partial charge in [0.1, 0.15) is 0 Å². The lowest BCUT2D eigenvalue weighted by molar-refractivity contribution is 0.102. The van der Waals surface area contributed by atoms with Gasteiger partial charge in [-0.2, -0.15) is 0 Å². The van der Waals surface area contributed by atoms with Crippen molar-refractivity contribution >= 4 is 17.3 Å². The summed E-state index contributed by atoms with van der Waals surface area (Å²) in [4.78, 5) is 19.1.